The van der Waals surface area contributed by atoms with Crippen LogP contribution in [-0.4, -0.2) is 19.5 Å². The van der Waals surface area contributed by atoms with Crippen molar-refractivity contribution in [2.45, 2.75) is 0 Å². The molecule has 0 atom stereocenters. The maximum atomic E-state index is 6.09. The molecule has 0 aliphatic carbocycles. The number of H-pyrrole nitrogens is 1. The molecular weight excluding hydrogens is 1180 g/mol. The lowest BCUT2D eigenvalue weighted by Crippen LogP contribution is -1.94. The van der Waals surface area contributed by atoms with Crippen molar-refractivity contribution in [2.24, 2.45) is 0 Å². The third kappa shape index (κ3) is 9.04. The first-order valence-corrected chi connectivity index (χ1v) is 31.0. The predicted molar refractivity (Wildman–Crippen MR) is 377 cm³/mol. The van der Waals surface area contributed by atoms with Gasteiger partial charge in [-0.05, 0) is 190 Å². The zero-order chi connectivity index (χ0) is 60.1. The second kappa shape index (κ2) is 21.2. The van der Waals surface area contributed by atoms with Crippen LogP contribution in [0.3, 0.4) is 0 Å². The van der Waals surface area contributed by atoms with Crippen LogP contribution >= 0.6 is 15.9 Å². The van der Waals surface area contributed by atoms with Gasteiger partial charge < -0.3 is 27.2 Å². The van der Waals surface area contributed by atoms with Crippen LogP contribution in [-0.2, 0) is 0 Å². The van der Waals surface area contributed by atoms with Gasteiger partial charge in [0.1, 0.15) is 44.5 Å². The topological polar surface area (TPSA) is 99.1 Å². The van der Waals surface area contributed by atoms with Gasteiger partial charge in [-0.15, -0.1) is 0 Å². The van der Waals surface area contributed by atoms with Crippen LogP contribution in [0.25, 0.3) is 182 Å². The highest BCUT2D eigenvalue weighted by Crippen LogP contribution is 2.41. The van der Waals surface area contributed by atoms with Gasteiger partial charge in [-0.1, -0.05) is 149 Å². The van der Waals surface area contributed by atoms with E-state index in [1.807, 2.05) is 79.0 Å². The van der Waals surface area contributed by atoms with Crippen molar-refractivity contribution in [3.8, 4) is 50.2 Å². The summed E-state index contributed by atoms with van der Waals surface area (Å²) in [7, 11) is 0. The second-order valence-electron chi connectivity index (χ2n) is 23.0. The van der Waals surface area contributed by atoms with E-state index in [4.69, 9.17) is 17.7 Å². The molecule has 0 amide bonds. The number of benzene rings is 12. The van der Waals surface area contributed by atoms with Crippen molar-refractivity contribution in [3.63, 3.8) is 0 Å². The summed E-state index contributed by atoms with van der Waals surface area (Å²) in [5, 5.41) is 11.7. The fraction of sp³-hybridized carbons (Fsp3) is 0. The fourth-order valence-electron chi connectivity index (χ4n) is 13.3. The normalized spacial score (nSPS) is 11.8. The first kappa shape index (κ1) is 52.4. The van der Waals surface area contributed by atoms with E-state index in [0.29, 0.717) is 0 Å². The highest BCUT2D eigenvalue weighted by molar-refractivity contribution is 9.10. The first-order valence-electron chi connectivity index (χ1n) is 30.2. The molecule has 12 aromatic carbocycles. The Balaban J connectivity index is 0.000000112. The lowest BCUT2D eigenvalue weighted by atomic mass is 10.0. The van der Waals surface area contributed by atoms with E-state index in [9.17, 15) is 0 Å². The van der Waals surface area contributed by atoms with Gasteiger partial charge in [0.05, 0.1) is 11.0 Å². The number of rotatable bonds is 5. The van der Waals surface area contributed by atoms with E-state index in [1.165, 1.54) is 71.4 Å². The summed E-state index contributed by atoms with van der Waals surface area (Å²) in [6.07, 6.45) is 3.61. The Bertz CT molecular complexity index is 6160. The minimum Gasteiger partial charge on any atom is -0.456 e. The molecule has 1 N–H and O–H groups in total. The van der Waals surface area contributed by atoms with Gasteiger partial charge in [-0.25, -0.2) is 0 Å². The highest BCUT2D eigenvalue weighted by Gasteiger charge is 2.18. The van der Waals surface area contributed by atoms with Gasteiger partial charge in [0.25, 0.3) is 0 Å². The average molecular weight is 1230 g/mol. The number of aromatic nitrogens is 4. The summed E-state index contributed by atoms with van der Waals surface area (Å²) in [6.45, 7) is 0. The van der Waals surface area contributed by atoms with Crippen molar-refractivity contribution < 1.29 is 17.7 Å². The Labute approximate surface area is 527 Å². The van der Waals surface area contributed by atoms with Crippen LogP contribution in [0.5, 0.6) is 0 Å². The number of furan rings is 4. The molecule has 0 spiro atoms. The molecule has 9 heteroatoms. The lowest BCUT2D eigenvalue weighted by Gasteiger charge is -2.11. The monoisotopic (exact) mass is 1230 g/mol. The van der Waals surface area contributed by atoms with Gasteiger partial charge in [-0.2, -0.15) is 0 Å². The SMILES string of the molecule is Brc1cccc(-c2ccc3oc4cccnc4c3c2)c1.c1cc(-c2ccc3oc4cccnc4c3c2)cc(-n2c3ccccc3c3cc(-c4ccc5oc6ccccc6c5c4)ccc32)c1.c1ccc2c(c1)[nH]c1ccc(-c3ccc4oc5ccccc5c4c3)cc12. The number of nitrogens with one attached hydrogen (secondary N) is 1. The number of hydrogen-bond acceptors (Lipinski definition) is 6. The molecular formula is C82H49BrN4O4. The summed E-state index contributed by atoms with van der Waals surface area (Å²) in [4.78, 5) is 12.5. The van der Waals surface area contributed by atoms with Gasteiger partial charge in [-0.3, -0.25) is 9.97 Å². The Morgan fingerprint density at radius 3 is 1.27 bits per heavy atom. The maximum absolute atomic E-state index is 6.09. The molecule has 20 aromatic rings. The molecule has 91 heavy (non-hydrogen) atoms. The quantitative estimate of drug-likeness (QED) is 0.184. The lowest BCUT2D eigenvalue weighted by molar-refractivity contribution is 0.668. The summed E-state index contributed by atoms with van der Waals surface area (Å²) < 4.78 is 27.3. The van der Waals surface area contributed by atoms with Crippen molar-refractivity contribution >= 4 is 148 Å². The number of nitrogens with zero attached hydrogens (tertiary/aromatic N) is 3. The van der Waals surface area contributed by atoms with Crippen LogP contribution in [0.1, 0.15) is 0 Å². The summed E-state index contributed by atoms with van der Waals surface area (Å²) in [5.41, 5.74) is 24.1. The number of halogens is 1. The molecule has 8 nitrogen and oxygen atoms in total. The first-order chi connectivity index (χ1) is 45.0. The Morgan fingerprint density at radius 2 is 0.670 bits per heavy atom. The third-order valence-corrected chi connectivity index (χ3v) is 18.1. The molecule has 0 unspecified atom stereocenters. The van der Waals surface area contributed by atoms with Crippen LogP contribution < -0.4 is 0 Å². The van der Waals surface area contributed by atoms with Crippen LogP contribution in [0, 0.1) is 0 Å². The van der Waals surface area contributed by atoms with Gasteiger partial charge in [0, 0.05) is 87.4 Å². The van der Waals surface area contributed by atoms with Crippen molar-refractivity contribution in [2.75, 3.05) is 0 Å². The van der Waals surface area contributed by atoms with Gasteiger partial charge in [0.2, 0.25) is 0 Å². The maximum Gasteiger partial charge on any atom is 0.153 e. The van der Waals surface area contributed by atoms with Crippen LogP contribution in [0.4, 0.5) is 0 Å². The number of aromatic amines is 1. The largest absolute Gasteiger partial charge is 0.456 e. The van der Waals surface area contributed by atoms with Crippen molar-refractivity contribution in [1.82, 2.24) is 19.5 Å². The summed E-state index contributed by atoms with van der Waals surface area (Å²) in [6, 6.07) is 97.3. The molecule has 8 heterocycles. The van der Waals surface area contributed by atoms with Crippen molar-refractivity contribution in [3.05, 3.63) is 296 Å². The standard InChI is InChI=1S/C41H24N2O2.C24H15NO.C17H10BrNO/c1-3-11-35-30(9-1)32-22-26(27-15-18-38-33(23-27)31-10-2-4-12-37(31)44-38)14-17-36(32)43(35)29-8-5-7-25(21-29)28-16-19-39-34(24-28)41-40(45-39)13-6-20-42-41;1-3-7-21-17(5-1)19-13-15(9-11-22(19)25-21)16-10-12-24-20(14-16)18-6-2-4-8-23(18)26-24;18-13-4-1-3-11(9-13)12-6-7-15-14(10-12)17-16(20-15)5-2-8-19-17/h1-24H;1-14,25H;1-10H. The van der Waals surface area contributed by atoms with E-state index < -0.39 is 0 Å². The number of pyridine rings is 2. The minimum absolute atomic E-state index is 0.807. The molecule has 0 aliphatic rings. The highest BCUT2D eigenvalue weighted by atomic mass is 79.9. The Kier molecular flexibility index (Phi) is 12.2. The number of hydrogen-bond donors (Lipinski definition) is 1. The molecule has 0 saturated carbocycles. The molecule has 0 fully saturated rings. The van der Waals surface area contributed by atoms with E-state index in [2.05, 4.69) is 242 Å². The summed E-state index contributed by atoms with van der Waals surface area (Å²) >= 11 is 3.51. The average Bonchev–Trinajstić information content (AvgIpc) is 1.76. The molecule has 0 saturated heterocycles. The fourth-order valence-corrected chi connectivity index (χ4v) is 13.7. The molecule has 428 valence electrons. The van der Waals surface area contributed by atoms with Crippen molar-refractivity contribution in [1.29, 1.82) is 0 Å². The Morgan fingerprint density at radius 1 is 0.264 bits per heavy atom. The Hall–Kier alpha value is -11.8. The molecule has 0 aliphatic heterocycles. The zero-order valence-electron chi connectivity index (χ0n) is 48.6. The van der Waals surface area contributed by atoms with Crippen LogP contribution in [0.15, 0.2) is 314 Å². The van der Waals surface area contributed by atoms with Gasteiger partial charge in [0.15, 0.2) is 11.2 Å². The minimum atomic E-state index is 0.807. The van der Waals surface area contributed by atoms with E-state index in [1.54, 1.807) is 6.20 Å². The number of fused-ring (bicyclic) bond motifs is 18. The third-order valence-electron chi connectivity index (χ3n) is 17.6. The van der Waals surface area contributed by atoms with E-state index in [0.717, 1.165) is 115 Å². The molecule has 0 bridgehead atoms. The molecule has 20 rings (SSSR count). The van der Waals surface area contributed by atoms with Crippen LogP contribution in [0.2, 0.25) is 0 Å². The molecule has 0 radical (unpaired) electrons. The smallest absolute Gasteiger partial charge is 0.153 e. The van der Waals surface area contributed by atoms with E-state index >= 15 is 0 Å². The second-order valence-corrected chi connectivity index (χ2v) is 23.9. The predicted octanol–water partition coefficient (Wildman–Crippen LogP) is 23.6. The van der Waals surface area contributed by atoms with Gasteiger partial charge >= 0.3 is 0 Å². The summed E-state index contributed by atoms with van der Waals surface area (Å²) in [5.74, 6) is 0. The molecule has 8 aromatic heterocycles. The number of para-hydroxylation sites is 4. The zero-order valence-corrected chi connectivity index (χ0v) is 50.2. The van der Waals surface area contributed by atoms with E-state index in [-0.39, 0.29) is 0 Å².